The first-order valence-electron chi connectivity index (χ1n) is 9.21. The van der Waals surface area contributed by atoms with E-state index in [-0.39, 0.29) is 54.8 Å². The third-order valence-corrected chi connectivity index (χ3v) is 4.67. The first-order valence-corrected chi connectivity index (χ1v) is 9.21. The molecule has 3 rings (SSSR count). The Kier molecular flexibility index (Phi) is 8.48. The van der Waals surface area contributed by atoms with Crippen molar-refractivity contribution in [3.05, 3.63) is 35.2 Å². The second-order valence-electron chi connectivity index (χ2n) is 6.94. The zero-order chi connectivity index (χ0) is 20.1. The van der Waals surface area contributed by atoms with E-state index in [1.807, 2.05) is 5.32 Å². The average Bonchev–Trinajstić information content (AvgIpc) is 3.48. The molecule has 9 nitrogen and oxygen atoms in total. The Labute approximate surface area is 190 Å². The van der Waals surface area contributed by atoms with Crippen LogP contribution in [0, 0.1) is 5.92 Å². The van der Waals surface area contributed by atoms with Gasteiger partial charge in [-0.15, -0.1) is 0 Å². The molecule has 1 saturated carbocycles. The van der Waals surface area contributed by atoms with Crippen LogP contribution in [-0.4, -0.2) is 52.5 Å². The smallest absolute Gasteiger partial charge is 0.548 e. The molecule has 1 fully saturated rings. The molecule has 0 saturated heterocycles. The minimum atomic E-state index is -1.49. The predicted octanol–water partition coefficient (Wildman–Crippen LogP) is -3.32. The zero-order valence-electron chi connectivity index (χ0n) is 16.3. The van der Waals surface area contributed by atoms with Gasteiger partial charge in [0, 0.05) is 31.8 Å². The van der Waals surface area contributed by atoms with Crippen molar-refractivity contribution in [3.63, 3.8) is 0 Å². The van der Waals surface area contributed by atoms with Crippen LogP contribution in [0.5, 0.6) is 5.88 Å². The molecule has 0 atom stereocenters. The summed E-state index contributed by atoms with van der Waals surface area (Å²) in [5.74, 6) is -2.13. The first kappa shape index (κ1) is 23.2. The number of nitrogens with zero attached hydrogens (tertiary/aromatic N) is 2. The van der Waals surface area contributed by atoms with Gasteiger partial charge < -0.3 is 30.0 Å². The summed E-state index contributed by atoms with van der Waals surface area (Å²) in [5.41, 5.74) is 0.305. The van der Waals surface area contributed by atoms with Crippen LogP contribution in [-0.2, 0) is 20.9 Å². The molecular formula is C19H22N3NaO6. The van der Waals surface area contributed by atoms with E-state index in [1.54, 1.807) is 18.3 Å². The van der Waals surface area contributed by atoms with E-state index < -0.39 is 29.9 Å². The van der Waals surface area contributed by atoms with E-state index >= 15 is 0 Å². The molecule has 0 radical (unpaired) electrons. The summed E-state index contributed by atoms with van der Waals surface area (Å²) >= 11 is 0. The Morgan fingerprint density at radius 1 is 1.34 bits per heavy atom. The molecular weight excluding hydrogens is 389 g/mol. The summed E-state index contributed by atoms with van der Waals surface area (Å²) in [6.45, 7) is 0.339. The van der Waals surface area contributed by atoms with E-state index in [9.17, 15) is 24.6 Å². The monoisotopic (exact) mass is 411 g/mol. The molecule has 10 heteroatoms. The summed E-state index contributed by atoms with van der Waals surface area (Å²) < 4.78 is 5.59. The number of carboxylic acid groups (broad SMARTS) is 1. The van der Waals surface area contributed by atoms with Gasteiger partial charge in [-0.25, -0.2) is 4.98 Å². The van der Waals surface area contributed by atoms with Gasteiger partial charge in [-0.3, -0.25) is 9.59 Å². The molecule has 2 N–H and O–H groups in total. The molecule has 0 spiro atoms. The molecule has 1 aromatic heterocycles. The van der Waals surface area contributed by atoms with Crippen molar-refractivity contribution in [1.29, 1.82) is 0 Å². The van der Waals surface area contributed by atoms with Gasteiger partial charge >= 0.3 is 29.6 Å². The number of hydrogen-bond acceptors (Lipinski definition) is 7. The van der Waals surface area contributed by atoms with E-state index in [0.29, 0.717) is 12.5 Å². The molecule has 150 valence electrons. The molecule has 1 aromatic rings. The van der Waals surface area contributed by atoms with Crippen molar-refractivity contribution < 1.29 is 58.9 Å². The molecule has 1 aliphatic carbocycles. The third kappa shape index (κ3) is 6.73. The van der Waals surface area contributed by atoms with E-state index in [0.717, 1.165) is 17.9 Å². The number of pyridine rings is 1. The standard InChI is InChI=1S/C19H23N3O6.Na/c23-14-5-7-22(19(27)17(14)18(26)21-10-16(24)25)11-13-3-4-15(20-9-13)28-8-6-12-1-2-12;/h3-4,9,12,23H,1-2,5-8,10-11H2,(H,21,26)(H,24,25);/q;+1/p-1. The number of ether oxygens (including phenoxy) is 1. The van der Waals surface area contributed by atoms with Crippen LogP contribution in [0.3, 0.4) is 0 Å². The average molecular weight is 411 g/mol. The molecule has 29 heavy (non-hydrogen) atoms. The van der Waals surface area contributed by atoms with Crippen LogP contribution in [0.1, 0.15) is 31.2 Å². The molecule has 0 unspecified atom stereocenters. The minimum Gasteiger partial charge on any atom is -0.548 e. The fourth-order valence-electron chi connectivity index (χ4n) is 2.92. The molecule has 0 aromatic carbocycles. The van der Waals surface area contributed by atoms with Gasteiger partial charge in [-0.05, 0) is 17.9 Å². The number of aliphatic hydroxyl groups excluding tert-OH is 1. The topological polar surface area (TPSA) is 132 Å². The molecule has 2 heterocycles. The van der Waals surface area contributed by atoms with Crippen molar-refractivity contribution in [2.24, 2.45) is 5.92 Å². The number of carboxylic acids is 1. The Hall–Kier alpha value is -2.10. The number of hydrogen-bond donors (Lipinski definition) is 2. The van der Waals surface area contributed by atoms with Gasteiger partial charge in [0.15, 0.2) is 0 Å². The first-order chi connectivity index (χ1) is 13.4. The number of aromatic nitrogens is 1. The number of amides is 2. The summed E-state index contributed by atoms with van der Waals surface area (Å²) in [5, 5.41) is 22.4. The largest absolute Gasteiger partial charge is 1.00 e. The number of nitrogens with one attached hydrogen (secondary N) is 1. The van der Waals surface area contributed by atoms with Gasteiger partial charge in [-0.1, -0.05) is 18.9 Å². The third-order valence-electron chi connectivity index (χ3n) is 4.67. The maximum atomic E-state index is 12.5. The fraction of sp³-hybridized carbons (Fsp3) is 0.474. The Morgan fingerprint density at radius 2 is 2.10 bits per heavy atom. The summed E-state index contributed by atoms with van der Waals surface area (Å²) in [6, 6.07) is 3.53. The second kappa shape index (κ2) is 10.6. The second-order valence-corrected chi connectivity index (χ2v) is 6.94. The molecule has 0 bridgehead atoms. The van der Waals surface area contributed by atoms with Crippen LogP contribution < -0.4 is 44.7 Å². The maximum Gasteiger partial charge on any atom is 1.00 e. The van der Waals surface area contributed by atoms with Crippen molar-refractivity contribution in [2.45, 2.75) is 32.2 Å². The number of aliphatic carboxylic acids is 1. The normalized spacial score (nSPS) is 16.3. The van der Waals surface area contributed by atoms with Crippen molar-refractivity contribution in [2.75, 3.05) is 19.7 Å². The number of aliphatic hydroxyl groups is 1. The van der Waals surface area contributed by atoms with Crippen molar-refractivity contribution in [3.8, 4) is 5.88 Å². The fourth-order valence-corrected chi connectivity index (χ4v) is 2.92. The number of rotatable bonds is 9. The van der Waals surface area contributed by atoms with Gasteiger partial charge in [0.25, 0.3) is 11.8 Å². The van der Waals surface area contributed by atoms with Crippen LogP contribution in [0.25, 0.3) is 0 Å². The van der Waals surface area contributed by atoms with Crippen LogP contribution in [0.4, 0.5) is 0 Å². The van der Waals surface area contributed by atoms with Gasteiger partial charge in [-0.2, -0.15) is 0 Å². The number of carbonyl (C=O) groups is 3. The summed E-state index contributed by atoms with van der Waals surface area (Å²) in [7, 11) is 0. The Bertz CT molecular complexity index is 792. The van der Waals surface area contributed by atoms with Gasteiger partial charge in [0.1, 0.15) is 11.3 Å². The SMILES string of the molecule is O=C([O-])CNC(=O)C1=C(O)CCN(Cc2ccc(OCCC3CC3)nc2)C1=O.[Na+]. The maximum absolute atomic E-state index is 12.5. The Morgan fingerprint density at radius 3 is 2.72 bits per heavy atom. The van der Waals surface area contributed by atoms with Crippen molar-refractivity contribution in [1.82, 2.24) is 15.2 Å². The van der Waals surface area contributed by atoms with E-state index in [2.05, 4.69) is 4.98 Å². The zero-order valence-corrected chi connectivity index (χ0v) is 18.3. The van der Waals surface area contributed by atoms with E-state index in [4.69, 9.17) is 4.74 Å². The minimum absolute atomic E-state index is 0. The van der Waals surface area contributed by atoms with Gasteiger partial charge in [0.2, 0.25) is 5.88 Å². The Balaban J connectivity index is 0.00000300. The predicted molar refractivity (Wildman–Crippen MR) is 94.8 cm³/mol. The van der Waals surface area contributed by atoms with E-state index in [1.165, 1.54) is 17.7 Å². The molecule has 2 amide bonds. The summed E-state index contributed by atoms with van der Waals surface area (Å²) in [4.78, 5) is 40.7. The molecule has 1 aliphatic heterocycles. The quantitative estimate of drug-likeness (QED) is 0.321. The van der Waals surface area contributed by atoms with Gasteiger partial charge in [0.05, 0.1) is 19.1 Å². The van der Waals surface area contributed by atoms with Crippen LogP contribution in [0.15, 0.2) is 29.7 Å². The van der Waals surface area contributed by atoms with Crippen molar-refractivity contribution >= 4 is 17.8 Å². The molecule has 2 aliphatic rings. The van der Waals surface area contributed by atoms with Crippen LogP contribution >= 0.6 is 0 Å². The summed E-state index contributed by atoms with van der Waals surface area (Å²) in [6.07, 6.45) is 5.29. The van der Waals surface area contributed by atoms with Crippen LogP contribution in [0.2, 0.25) is 0 Å². The number of carbonyl (C=O) groups excluding carboxylic acids is 3.